The van der Waals surface area contributed by atoms with E-state index in [0.29, 0.717) is 40.4 Å². The van der Waals surface area contributed by atoms with Crippen molar-refractivity contribution in [3.05, 3.63) is 52.8 Å². The molecular formula is C26H32N2O7. The molecule has 35 heavy (non-hydrogen) atoms. The van der Waals surface area contributed by atoms with Crippen molar-refractivity contribution in [1.82, 2.24) is 9.61 Å². The second kappa shape index (κ2) is 10.5. The fourth-order valence-corrected chi connectivity index (χ4v) is 4.70. The largest absolute Gasteiger partial charge is 0.497 e. The van der Waals surface area contributed by atoms with E-state index in [4.69, 9.17) is 18.9 Å². The first-order valence-corrected chi connectivity index (χ1v) is 11.7. The monoisotopic (exact) mass is 484 g/mol. The molecule has 2 aromatic heterocycles. The number of nitrogens with zero attached hydrogens (tertiary/aromatic N) is 2. The fourth-order valence-electron chi connectivity index (χ4n) is 4.70. The number of aromatic carboxylic acids is 1. The molecule has 4 rings (SSSR count). The lowest BCUT2D eigenvalue weighted by molar-refractivity contribution is -0.0757. The van der Waals surface area contributed by atoms with E-state index >= 15 is 0 Å². The number of aliphatic hydroxyl groups excluding tert-OH is 1. The minimum Gasteiger partial charge on any atom is -0.497 e. The fraction of sp³-hybridized carbons (Fsp3) is 0.462. The molecule has 1 aliphatic rings. The van der Waals surface area contributed by atoms with Crippen molar-refractivity contribution in [2.24, 2.45) is 0 Å². The maximum absolute atomic E-state index is 11.8. The SMILES string of the molecule is COc1cc(C(=O)O)n2nc(C[C@H](OC3CCCC3)[C@H](O)c3cc(OC)c(C)c(OC)c3)cc2c1. The third kappa shape index (κ3) is 5.21. The third-order valence-corrected chi connectivity index (χ3v) is 6.59. The van der Waals surface area contributed by atoms with E-state index in [-0.39, 0.29) is 11.8 Å². The first-order valence-electron chi connectivity index (χ1n) is 11.7. The molecule has 2 N–H and O–H groups in total. The van der Waals surface area contributed by atoms with Crippen LogP contribution in [0.1, 0.15) is 59.1 Å². The van der Waals surface area contributed by atoms with Gasteiger partial charge < -0.3 is 29.2 Å². The Morgan fingerprint density at radius 2 is 1.71 bits per heavy atom. The number of fused-ring (bicyclic) bond motifs is 1. The molecule has 0 aliphatic heterocycles. The Balaban J connectivity index is 1.70. The van der Waals surface area contributed by atoms with Gasteiger partial charge in [-0.2, -0.15) is 5.10 Å². The van der Waals surface area contributed by atoms with E-state index in [1.807, 2.05) is 6.92 Å². The second-order valence-electron chi connectivity index (χ2n) is 8.84. The highest BCUT2D eigenvalue weighted by atomic mass is 16.5. The van der Waals surface area contributed by atoms with Crippen molar-refractivity contribution in [3.63, 3.8) is 0 Å². The molecule has 9 nitrogen and oxygen atoms in total. The molecule has 1 fully saturated rings. The van der Waals surface area contributed by atoms with Crippen molar-refractivity contribution >= 4 is 11.5 Å². The number of carboxylic acid groups (broad SMARTS) is 1. The number of hydrogen-bond donors (Lipinski definition) is 2. The van der Waals surface area contributed by atoms with Gasteiger partial charge in [-0.1, -0.05) is 12.8 Å². The van der Waals surface area contributed by atoms with E-state index in [2.05, 4.69) is 5.10 Å². The van der Waals surface area contributed by atoms with Crippen molar-refractivity contribution in [3.8, 4) is 17.2 Å². The molecule has 0 spiro atoms. The maximum Gasteiger partial charge on any atom is 0.354 e. The predicted molar refractivity (Wildman–Crippen MR) is 129 cm³/mol. The minimum absolute atomic E-state index is 0.00702. The summed E-state index contributed by atoms with van der Waals surface area (Å²) in [4.78, 5) is 11.8. The lowest BCUT2D eigenvalue weighted by Gasteiger charge is -2.27. The summed E-state index contributed by atoms with van der Waals surface area (Å²) in [6.45, 7) is 1.89. The van der Waals surface area contributed by atoms with Crippen LogP contribution in [0.25, 0.3) is 5.52 Å². The van der Waals surface area contributed by atoms with Gasteiger partial charge in [0.2, 0.25) is 0 Å². The van der Waals surface area contributed by atoms with Gasteiger partial charge in [0, 0.05) is 24.1 Å². The number of carboxylic acids is 1. The number of methoxy groups -OCH3 is 3. The van der Waals surface area contributed by atoms with Crippen LogP contribution in [0.4, 0.5) is 0 Å². The Kier molecular flexibility index (Phi) is 7.47. The minimum atomic E-state index is -1.11. The number of rotatable bonds is 10. The van der Waals surface area contributed by atoms with Crippen LogP contribution >= 0.6 is 0 Å². The van der Waals surface area contributed by atoms with Crippen LogP contribution in [0.5, 0.6) is 17.2 Å². The smallest absolute Gasteiger partial charge is 0.354 e. The van der Waals surface area contributed by atoms with Gasteiger partial charge in [0.25, 0.3) is 0 Å². The summed E-state index contributed by atoms with van der Waals surface area (Å²) < 4.78 is 24.0. The van der Waals surface area contributed by atoms with Crippen LogP contribution in [-0.2, 0) is 11.2 Å². The number of aromatic nitrogens is 2. The zero-order valence-electron chi connectivity index (χ0n) is 20.5. The van der Waals surface area contributed by atoms with Gasteiger partial charge in [0.1, 0.15) is 23.4 Å². The molecular weight excluding hydrogens is 452 g/mol. The first kappa shape index (κ1) is 24.8. The number of hydrogen-bond acceptors (Lipinski definition) is 7. The van der Waals surface area contributed by atoms with Crippen LogP contribution in [-0.4, -0.2) is 59.3 Å². The average molecular weight is 485 g/mol. The summed E-state index contributed by atoms with van der Waals surface area (Å²) in [7, 11) is 4.64. The zero-order valence-corrected chi connectivity index (χ0v) is 20.5. The van der Waals surface area contributed by atoms with E-state index in [1.54, 1.807) is 38.5 Å². The topological polar surface area (TPSA) is 112 Å². The average Bonchev–Trinajstić information content (AvgIpc) is 3.51. The van der Waals surface area contributed by atoms with Gasteiger partial charge in [-0.05, 0) is 43.5 Å². The van der Waals surface area contributed by atoms with Crippen LogP contribution in [0.15, 0.2) is 30.3 Å². The normalized spacial score (nSPS) is 15.8. The maximum atomic E-state index is 11.8. The lowest BCUT2D eigenvalue weighted by Crippen LogP contribution is -2.29. The van der Waals surface area contributed by atoms with Gasteiger partial charge >= 0.3 is 5.97 Å². The van der Waals surface area contributed by atoms with Gasteiger partial charge in [-0.3, -0.25) is 0 Å². The molecule has 1 aliphatic carbocycles. The molecule has 0 unspecified atom stereocenters. The van der Waals surface area contributed by atoms with Gasteiger partial charge in [-0.15, -0.1) is 0 Å². The van der Waals surface area contributed by atoms with E-state index < -0.39 is 18.2 Å². The summed E-state index contributed by atoms with van der Waals surface area (Å²) in [5.41, 5.74) is 2.64. The summed E-state index contributed by atoms with van der Waals surface area (Å²) in [6, 6.07) is 8.54. The Morgan fingerprint density at radius 3 is 2.29 bits per heavy atom. The molecule has 0 bridgehead atoms. The first-order chi connectivity index (χ1) is 16.8. The van der Waals surface area contributed by atoms with Crippen molar-refractivity contribution in [2.75, 3.05) is 21.3 Å². The number of aliphatic hydroxyl groups is 1. The molecule has 0 saturated heterocycles. The summed E-state index contributed by atoms with van der Waals surface area (Å²) in [6.07, 6.45) is 2.83. The highest BCUT2D eigenvalue weighted by Crippen LogP contribution is 2.35. The predicted octanol–water partition coefficient (Wildman–Crippen LogP) is 3.97. The van der Waals surface area contributed by atoms with Crippen LogP contribution in [0, 0.1) is 6.92 Å². The van der Waals surface area contributed by atoms with E-state index in [0.717, 1.165) is 31.2 Å². The summed E-state index contributed by atoms with van der Waals surface area (Å²) in [5.74, 6) is 0.549. The van der Waals surface area contributed by atoms with Crippen LogP contribution in [0.3, 0.4) is 0 Å². The van der Waals surface area contributed by atoms with Crippen molar-refractivity contribution < 1.29 is 34.0 Å². The molecule has 0 radical (unpaired) electrons. The number of ether oxygens (including phenoxy) is 4. The highest BCUT2D eigenvalue weighted by Gasteiger charge is 2.29. The molecule has 0 amide bonds. The second-order valence-corrected chi connectivity index (χ2v) is 8.84. The standard InChI is InChI=1S/C26H32N2O7/c1-15-22(33-3)9-16(10-23(15)34-4)25(29)24(35-19-7-5-6-8-19)12-17-11-18-13-20(32-2)14-21(26(30)31)28(18)27-17/h9-11,13-14,19,24-25,29H,5-8,12H2,1-4H3,(H,30,31)/t24-,25+/m0/s1. The summed E-state index contributed by atoms with van der Waals surface area (Å²) in [5, 5.41) is 25.6. The van der Waals surface area contributed by atoms with Gasteiger partial charge in [0.05, 0.1) is 44.7 Å². The molecule has 188 valence electrons. The van der Waals surface area contributed by atoms with E-state index in [1.165, 1.54) is 17.7 Å². The quantitative estimate of drug-likeness (QED) is 0.445. The number of benzene rings is 1. The van der Waals surface area contributed by atoms with Crippen LogP contribution in [0.2, 0.25) is 0 Å². The number of carbonyl (C=O) groups is 1. The van der Waals surface area contributed by atoms with Crippen LogP contribution < -0.4 is 14.2 Å². The molecule has 1 saturated carbocycles. The zero-order chi connectivity index (χ0) is 25.1. The van der Waals surface area contributed by atoms with Gasteiger partial charge in [-0.25, -0.2) is 9.31 Å². The highest BCUT2D eigenvalue weighted by molar-refractivity contribution is 5.87. The number of pyridine rings is 1. The molecule has 3 aromatic rings. The Bertz CT molecular complexity index is 1170. The van der Waals surface area contributed by atoms with Gasteiger partial charge in [0.15, 0.2) is 5.69 Å². The van der Waals surface area contributed by atoms with Crippen molar-refractivity contribution in [2.45, 2.75) is 57.3 Å². The van der Waals surface area contributed by atoms with Crippen molar-refractivity contribution in [1.29, 1.82) is 0 Å². The third-order valence-electron chi connectivity index (χ3n) is 6.59. The van der Waals surface area contributed by atoms with E-state index in [9.17, 15) is 15.0 Å². The molecule has 2 heterocycles. The summed E-state index contributed by atoms with van der Waals surface area (Å²) >= 11 is 0. The molecule has 9 heteroatoms. The lowest BCUT2D eigenvalue weighted by atomic mass is 9.98. The Morgan fingerprint density at radius 1 is 1.06 bits per heavy atom. The Labute approximate surface area is 204 Å². The Hall–Kier alpha value is -3.30. The molecule has 2 atom stereocenters. The molecule has 1 aromatic carbocycles.